The summed E-state index contributed by atoms with van der Waals surface area (Å²) in [6.45, 7) is 5.58. The number of aldehydes is 2. The lowest BCUT2D eigenvalue weighted by Crippen LogP contribution is -2.10. The van der Waals surface area contributed by atoms with Gasteiger partial charge in [-0.3, -0.25) is 18.7 Å². The van der Waals surface area contributed by atoms with E-state index in [1.54, 1.807) is 33.9 Å². The van der Waals surface area contributed by atoms with Crippen LogP contribution in [-0.4, -0.2) is 66.9 Å². The van der Waals surface area contributed by atoms with Crippen LogP contribution < -0.4 is 4.74 Å². The van der Waals surface area contributed by atoms with Crippen LogP contribution in [-0.2, 0) is 12.4 Å². The van der Waals surface area contributed by atoms with Crippen molar-refractivity contribution in [1.29, 1.82) is 0 Å². The number of benzene rings is 2. The summed E-state index contributed by atoms with van der Waals surface area (Å²) < 4.78 is 40.9. The number of imidazole rings is 2. The number of carbonyl (C=O) groups is 2. The summed E-state index contributed by atoms with van der Waals surface area (Å²) in [6, 6.07) is 8.32. The number of hydrogen-bond donors (Lipinski definition) is 3. The van der Waals surface area contributed by atoms with Crippen LogP contribution in [0, 0.1) is 0 Å². The predicted molar refractivity (Wildman–Crippen MR) is 189 cm³/mol. The highest BCUT2D eigenvalue weighted by atomic mass is 35.5. The van der Waals surface area contributed by atoms with E-state index in [-0.39, 0.29) is 62.9 Å². The number of hydrogen-bond acceptors (Lipinski definition) is 12. The number of rotatable bonds is 10. The van der Waals surface area contributed by atoms with Crippen molar-refractivity contribution in [2.24, 2.45) is 0 Å². The van der Waals surface area contributed by atoms with Crippen molar-refractivity contribution in [3.05, 3.63) is 120 Å². The molecule has 3 N–H and O–H groups in total. The molecule has 0 aliphatic rings. The van der Waals surface area contributed by atoms with Gasteiger partial charge in [-0.05, 0) is 24.3 Å². The van der Waals surface area contributed by atoms with E-state index in [1.807, 2.05) is 27.7 Å². The standard InChI is InChI=1S/C18H18N4O3.C11H13ClN4.C7H6O3/c1-12(2)17-20-6-7-22(17)18-13(8-19-11-21-18)10-25-16-5-3-4-15(24)14(16)9-23;1-8(2)10-14-3-4-16(10)11-9(5-12)6-13-7-15-11;8-4-5-6(9)2-1-3-7(5)10/h3-9,11-12,24H,10H2,1-2H3;3-4,6-8H,5H2,1-2H3;1-4,9-10H/i10D2;5D2;. The molecule has 14 nitrogen and oxygen atoms in total. The third-order valence-corrected chi connectivity index (χ3v) is 7.13. The average Bonchev–Trinajstić information content (AvgIpc) is 3.84. The van der Waals surface area contributed by atoms with E-state index in [0.717, 1.165) is 5.82 Å². The zero-order valence-electron chi connectivity index (χ0n) is 31.9. The van der Waals surface area contributed by atoms with Crippen LogP contribution in [0.5, 0.6) is 23.0 Å². The van der Waals surface area contributed by atoms with Crippen LogP contribution in [0.25, 0.3) is 11.6 Å². The van der Waals surface area contributed by atoms with Gasteiger partial charge in [0, 0.05) is 57.3 Å². The summed E-state index contributed by atoms with van der Waals surface area (Å²) in [7, 11) is 0. The second kappa shape index (κ2) is 18.0. The molecule has 15 heteroatoms. The second-order valence-electron chi connectivity index (χ2n) is 11.1. The Morgan fingerprint density at radius 1 is 0.745 bits per heavy atom. The number of alkyl halides is 1. The molecule has 6 aromatic rings. The molecule has 264 valence electrons. The van der Waals surface area contributed by atoms with E-state index in [2.05, 4.69) is 29.9 Å². The minimum atomic E-state index is -2.37. The van der Waals surface area contributed by atoms with E-state index in [0.29, 0.717) is 24.2 Å². The maximum absolute atomic E-state index is 11.2. The minimum absolute atomic E-state index is 0.0603. The molecular formula is C36H37ClN8O6. The number of phenols is 3. The summed E-state index contributed by atoms with van der Waals surface area (Å²) in [5.41, 5.74) is 0.0874. The number of halogens is 1. The maximum atomic E-state index is 11.2. The van der Waals surface area contributed by atoms with Gasteiger partial charge in [-0.25, -0.2) is 29.9 Å². The minimum Gasteiger partial charge on any atom is -0.507 e. The van der Waals surface area contributed by atoms with Gasteiger partial charge in [-0.2, -0.15) is 0 Å². The molecule has 0 spiro atoms. The number of aromatic nitrogens is 8. The molecule has 6 rings (SSSR count). The van der Waals surface area contributed by atoms with Crippen molar-refractivity contribution >= 4 is 24.2 Å². The Balaban J connectivity index is 0.000000205. The van der Waals surface area contributed by atoms with Gasteiger partial charge < -0.3 is 20.1 Å². The van der Waals surface area contributed by atoms with Gasteiger partial charge in [0.15, 0.2) is 12.6 Å². The van der Waals surface area contributed by atoms with Crippen molar-refractivity contribution in [3.63, 3.8) is 0 Å². The molecule has 0 saturated heterocycles. The lowest BCUT2D eigenvalue weighted by Gasteiger charge is -2.14. The summed E-state index contributed by atoms with van der Waals surface area (Å²) in [4.78, 5) is 46.0. The van der Waals surface area contributed by atoms with Crippen molar-refractivity contribution in [3.8, 4) is 34.6 Å². The van der Waals surface area contributed by atoms with Gasteiger partial charge in [0.05, 0.1) is 25.3 Å². The molecule has 4 heterocycles. The second-order valence-corrected chi connectivity index (χ2v) is 11.3. The van der Waals surface area contributed by atoms with E-state index >= 15 is 0 Å². The fraction of sp³-hybridized carbons (Fsp3) is 0.222. The van der Waals surface area contributed by atoms with Crippen LogP contribution >= 0.6 is 11.6 Å². The number of phenolic OH excluding ortho intramolecular Hbond substituents is 3. The summed E-state index contributed by atoms with van der Waals surface area (Å²) >= 11 is 5.73. The highest BCUT2D eigenvalue weighted by Crippen LogP contribution is 2.27. The van der Waals surface area contributed by atoms with Gasteiger partial charge in [-0.1, -0.05) is 39.8 Å². The topological polar surface area (TPSA) is 191 Å². The molecule has 0 amide bonds. The zero-order chi connectivity index (χ0) is 40.5. The lowest BCUT2D eigenvalue weighted by atomic mass is 10.2. The Kier molecular flexibility index (Phi) is 11.3. The molecule has 51 heavy (non-hydrogen) atoms. The SMILES string of the molecule is O=Cc1c(O)cccc1O.[2H]C([2H])(Cl)c1cncnc1-n1ccnc1C(C)C.[2H]C([2H])(Oc1cccc(O)c1C=O)c1cncnc1-n1ccnc1C(C)C. The van der Waals surface area contributed by atoms with Crippen LogP contribution in [0.1, 0.15) is 88.5 Å². The van der Waals surface area contributed by atoms with E-state index in [1.165, 1.54) is 61.4 Å². The molecule has 0 atom stereocenters. The molecule has 0 fully saturated rings. The molecule has 0 unspecified atom stereocenters. The van der Waals surface area contributed by atoms with Crippen molar-refractivity contribution < 1.29 is 35.1 Å². The van der Waals surface area contributed by atoms with Crippen LogP contribution in [0.4, 0.5) is 0 Å². The van der Waals surface area contributed by atoms with Gasteiger partial charge in [0.2, 0.25) is 0 Å². The van der Waals surface area contributed by atoms with Crippen LogP contribution in [0.15, 0.2) is 86.2 Å². The first-order valence-electron chi connectivity index (χ1n) is 17.3. The quantitative estimate of drug-likeness (QED) is 0.106. The fourth-order valence-corrected chi connectivity index (χ4v) is 4.66. The molecule has 0 aliphatic heterocycles. The first-order chi connectivity index (χ1) is 26.0. The maximum Gasteiger partial charge on any atom is 0.157 e. The summed E-state index contributed by atoms with van der Waals surface area (Å²) in [5, 5.41) is 27.6. The van der Waals surface area contributed by atoms with Crippen LogP contribution in [0.3, 0.4) is 0 Å². The molecule has 0 saturated carbocycles. The number of nitrogens with zero attached hydrogens (tertiary/aromatic N) is 8. The highest BCUT2D eigenvalue weighted by molar-refractivity contribution is 6.17. The van der Waals surface area contributed by atoms with E-state index in [4.69, 9.17) is 32.0 Å². The van der Waals surface area contributed by atoms with Crippen LogP contribution in [0.2, 0.25) is 0 Å². The Labute approximate surface area is 304 Å². The monoisotopic (exact) mass is 716 g/mol. The van der Waals surface area contributed by atoms with Crippen molar-refractivity contribution in [1.82, 2.24) is 39.0 Å². The predicted octanol–water partition coefficient (Wildman–Crippen LogP) is 6.32. The lowest BCUT2D eigenvalue weighted by molar-refractivity contribution is 0.110. The zero-order valence-corrected chi connectivity index (χ0v) is 28.7. The first-order valence-corrected chi connectivity index (χ1v) is 15.7. The Hall–Kier alpha value is -6.15. The molecule has 0 aliphatic carbocycles. The molecule has 4 aromatic heterocycles. The van der Waals surface area contributed by atoms with Gasteiger partial charge in [0.25, 0.3) is 0 Å². The summed E-state index contributed by atoms with van der Waals surface area (Å²) in [6.07, 6.45) is 12.9. The third kappa shape index (κ3) is 9.30. The Morgan fingerprint density at radius 3 is 1.69 bits per heavy atom. The van der Waals surface area contributed by atoms with E-state index in [9.17, 15) is 14.7 Å². The largest absolute Gasteiger partial charge is 0.507 e. The normalized spacial score (nSPS) is 12.3. The van der Waals surface area contributed by atoms with Crippen molar-refractivity contribution in [2.45, 2.75) is 51.9 Å². The fourth-order valence-electron chi connectivity index (χ4n) is 4.52. The average molecular weight is 717 g/mol. The number of ether oxygens (including phenoxy) is 1. The Bertz CT molecular complexity index is 2220. The molecule has 0 bridgehead atoms. The van der Waals surface area contributed by atoms with Gasteiger partial charge in [0.1, 0.15) is 65.5 Å². The number of carbonyl (C=O) groups excluding carboxylic acids is 2. The summed E-state index contributed by atoms with van der Waals surface area (Å²) in [5.74, 6) is -0.298. The first kappa shape index (κ1) is 32.1. The highest BCUT2D eigenvalue weighted by Gasteiger charge is 2.16. The molecule has 0 radical (unpaired) electrons. The third-order valence-electron chi connectivity index (χ3n) is 6.92. The van der Waals surface area contributed by atoms with Gasteiger partial charge in [-0.15, -0.1) is 11.6 Å². The van der Waals surface area contributed by atoms with Gasteiger partial charge >= 0.3 is 0 Å². The van der Waals surface area contributed by atoms with E-state index < -0.39 is 12.4 Å². The van der Waals surface area contributed by atoms with Crippen molar-refractivity contribution in [2.75, 3.05) is 0 Å². The molecular weight excluding hydrogens is 676 g/mol. The number of aromatic hydroxyl groups is 3. The smallest absolute Gasteiger partial charge is 0.157 e. The Morgan fingerprint density at radius 2 is 1.22 bits per heavy atom. The molecule has 2 aromatic carbocycles.